The molecule has 3 nitrogen and oxygen atoms in total. The van der Waals surface area contributed by atoms with E-state index in [4.69, 9.17) is 0 Å². The molecular formula is C13H12BrF3O3. The molecule has 0 unspecified atom stereocenters. The molecule has 0 aliphatic heterocycles. The summed E-state index contributed by atoms with van der Waals surface area (Å²) in [6.07, 6.45) is -3.23. The molecule has 0 saturated heterocycles. The molecule has 0 heterocycles. The molecule has 7 heteroatoms. The number of hydrogen-bond donors (Lipinski definition) is 2. The normalized spacial score (nSPS) is 18.2. The number of phenolic OH excluding ortho intramolecular Hbond substituents is 1. The lowest BCUT2D eigenvalue weighted by Gasteiger charge is -2.28. The smallest absolute Gasteiger partial charge is 0.416 e. The van der Waals surface area contributed by atoms with Crippen LogP contribution in [0.2, 0.25) is 0 Å². The van der Waals surface area contributed by atoms with Gasteiger partial charge in [0.05, 0.1) is 15.5 Å². The summed E-state index contributed by atoms with van der Waals surface area (Å²) < 4.78 is 39.4. The summed E-state index contributed by atoms with van der Waals surface area (Å²) in [5, 5.41) is 18.9. The summed E-state index contributed by atoms with van der Waals surface area (Å²) in [4.78, 5) is 11.6. The highest BCUT2D eigenvalue weighted by atomic mass is 79.9. The average Bonchev–Trinajstić information content (AvgIpc) is 2.81. The number of benzene rings is 1. The second kappa shape index (κ2) is 4.95. The first-order chi connectivity index (χ1) is 9.18. The van der Waals surface area contributed by atoms with Crippen molar-refractivity contribution in [2.75, 3.05) is 0 Å². The van der Waals surface area contributed by atoms with Crippen LogP contribution in [0.25, 0.3) is 0 Å². The minimum Gasteiger partial charge on any atom is -0.507 e. The number of carboxylic acid groups (broad SMARTS) is 1. The predicted octanol–water partition coefficient (Wildman–Crippen LogP) is 4.07. The number of phenols is 1. The third kappa shape index (κ3) is 2.39. The zero-order valence-electron chi connectivity index (χ0n) is 10.3. The summed E-state index contributed by atoms with van der Waals surface area (Å²) in [5.74, 6) is -1.81. The van der Waals surface area contributed by atoms with Gasteiger partial charge in [0, 0.05) is 0 Å². The van der Waals surface area contributed by atoms with Gasteiger partial charge in [-0.15, -0.1) is 0 Å². The number of aliphatic carboxylic acids is 1. The van der Waals surface area contributed by atoms with Crippen molar-refractivity contribution in [1.29, 1.82) is 0 Å². The molecular weight excluding hydrogens is 341 g/mol. The van der Waals surface area contributed by atoms with Crippen LogP contribution < -0.4 is 0 Å². The van der Waals surface area contributed by atoms with Crippen molar-refractivity contribution in [2.24, 2.45) is 0 Å². The molecule has 0 spiro atoms. The van der Waals surface area contributed by atoms with E-state index >= 15 is 0 Å². The van der Waals surface area contributed by atoms with E-state index in [0.29, 0.717) is 18.9 Å². The molecule has 0 atom stereocenters. The fraction of sp³-hybridized carbons (Fsp3) is 0.462. The Kier molecular flexibility index (Phi) is 3.75. The van der Waals surface area contributed by atoms with E-state index in [0.717, 1.165) is 6.07 Å². The van der Waals surface area contributed by atoms with E-state index in [2.05, 4.69) is 15.9 Å². The van der Waals surface area contributed by atoms with Gasteiger partial charge in [0.2, 0.25) is 0 Å². The van der Waals surface area contributed by atoms with E-state index in [-0.39, 0.29) is 22.9 Å². The summed E-state index contributed by atoms with van der Waals surface area (Å²) in [6, 6.07) is 1.67. The second-order valence-corrected chi connectivity index (χ2v) is 5.80. The van der Waals surface area contributed by atoms with Crippen molar-refractivity contribution < 1.29 is 28.2 Å². The molecule has 0 bridgehead atoms. The average molecular weight is 353 g/mol. The number of alkyl halides is 3. The summed E-state index contributed by atoms with van der Waals surface area (Å²) in [6.45, 7) is 0. The van der Waals surface area contributed by atoms with Crippen molar-refractivity contribution in [3.05, 3.63) is 27.7 Å². The monoisotopic (exact) mass is 352 g/mol. The Hall–Kier alpha value is -1.24. The van der Waals surface area contributed by atoms with E-state index in [9.17, 15) is 28.2 Å². The van der Waals surface area contributed by atoms with Gasteiger partial charge >= 0.3 is 12.1 Å². The Balaban J connectivity index is 2.72. The topological polar surface area (TPSA) is 57.5 Å². The number of aromatic hydroxyl groups is 1. The maximum Gasteiger partial charge on any atom is 0.416 e. The maximum absolute atomic E-state index is 13.1. The van der Waals surface area contributed by atoms with Crippen LogP contribution in [0.1, 0.15) is 36.8 Å². The van der Waals surface area contributed by atoms with Crippen molar-refractivity contribution in [1.82, 2.24) is 0 Å². The van der Waals surface area contributed by atoms with Crippen molar-refractivity contribution in [3.8, 4) is 5.75 Å². The van der Waals surface area contributed by atoms with Gasteiger partial charge in [0.1, 0.15) is 5.75 Å². The molecule has 2 N–H and O–H groups in total. The van der Waals surface area contributed by atoms with Crippen LogP contribution in [-0.2, 0) is 16.4 Å². The van der Waals surface area contributed by atoms with Crippen LogP contribution in [0.4, 0.5) is 13.2 Å². The highest BCUT2D eigenvalue weighted by Gasteiger charge is 2.48. The van der Waals surface area contributed by atoms with Crippen LogP contribution in [0.15, 0.2) is 16.6 Å². The molecule has 110 valence electrons. The van der Waals surface area contributed by atoms with Gasteiger partial charge in [0.15, 0.2) is 0 Å². The molecule has 1 aromatic rings. The lowest BCUT2D eigenvalue weighted by Crippen LogP contribution is -2.35. The summed E-state index contributed by atoms with van der Waals surface area (Å²) in [5.41, 5.74) is -2.89. The maximum atomic E-state index is 13.1. The summed E-state index contributed by atoms with van der Waals surface area (Å²) >= 11 is 2.96. The van der Waals surface area contributed by atoms with E-state index < -0.39 is 28.9 Å². The van der Waals surface area contributed by atoms with Crippen molar-refractivity contribution >= 4 is 21.9 Å². The molecule has 0 radical (unpaired) electrons. The van der Waals surface area contributed by atoms with E-state index in [1.165, 1.54) is 0 Å². The molecule has 1 aliphatic carbocycles. The Morgan fingerprint density at radius 3 is 2.25 bits per heavy atom. The highest BCUT2D eigenvalue weighted by Crippen LogP contribution is 2.48. The predicted molar refractivity (Wildman–Crippen MR) is 68.6 cm³/mol. The van der Waals surface area contributed by atoms with Crippen LogP contribution in [0.3, 0.4) is 0 Å². The fourth-order valence-electron chi connectivity index (χ4n) is 2.77. The zero-order chi connectivity index (χ0) is 15.1. The van der Waals surface area contributed by atoms with Gasteiger partial charge in [-0.05, 0) is 46.5 Å². The SMILES string of the molecule is O=C(O)C1(c2cc(Br)c(O)cc2C(F)(F)F)CCCC1. The Morgan fingerprint density at radius 2 is 1.80 bits per heavy atom. The van der Waals surface area contributed by atoms with Gasteiger partial charge in [-0.3, -0.25) is 4.79 Å². The molecule has 0 aromatic heterocycles. The van der Waals surface area contributed by atoms with Crippen LogP contribution in [0, 0.1) is 0 Å². The van der Waals surface area contributed by atoms with Crippen molar-refractivity contribution in [3.63, 3.8) is 0 Å². The number of hydrogen-bond acceptors (Lipinski definition) is 2. The van der Waals surface area contributed by atoms with Gasteiger partial charge in [-0.25, -0.2) is 0 Å². The van der Waals surface area contributed by atoms with E-state index in [1.807, 2.05) is 0 Å². The summed E-state index contributed by atoms with van der Waals surface area (Å²) in [7, 11) is 0. The van der Waals surface area contributed by atoms with Gasteiger partial charge in [-0.1, -0.05) is 12.8 Å². The van der Waals surface area contributed by atoms with Crippen LogP contribution in [0.5, 0.6) is 5.75 Å². The third-order valence-corrected chi connectivity index (χ3v) is 4.41. The minimum atomic E-state index is -4.71. The lowest BCUT2D eigenvalue weighted by atomic mass is 9.76. The van der Waals surface area contributed by atoms with Crippen LogP contribution >= 0.6 is 15.9 Å². The first-order valence-electron chi connectivity index (χ1n) is 6.02. The lowest BCUT2D eigenvalue weighted by molar-refractivity contribution is -0.146. The quantitative estimate of drug-likeness (QED) is 0.843. The molecule has 20 heavy (non-hydrogen) atoms. The third-order valence-electron chi connectivity index (χ3n) is 3.77. The van der Waals surface area contributed by atoms with Crippen LogP contribution in [-0.4, -0.2) is 16.2 Å². The van der Waals surface area contributed by atoms with Gasteiger partial charge < -0.3 is 10.2 Å². The van der Waals surface area contributed by atoms with Gasteiger partial charge in [-0.2, -0.15) is 13.2 Å². The second-order valence-electron chi connectivity index (χ2n) is 4.94. The first kappa shape index (κ1) is 15.2. The number of rotatable bonds is 2. The Bertz CT molecular complexity index is 549. The van der Waals surface area contributed by atoms with E-state index in [1.54, 1.807) is 0 Å². The molecule has 0 amide bonds. The molecule has 2 rings (SSSR count). The highest BCUT2D eigenvalue weighted by molar-refractivity contribution is 9.10. The zero-order valence-corrected chi connectivity index (χ0v) is 11.9. The largest absolute Gasteiger partial charge is 0.507 e. The molecule has 1 aliphatic rings. The number of carbonyl (C=O) groups is 1. The number of carboxylic acids is 1. The Morgan fingerprint density at radius 1 is 1.25 bits per heavy atom. The molecule has 1 aromatic carbocycles. The molecule has 1 saturated carbocycles. The van der Waals surface area contributed by atoms with Crippen molar-refractivity contribution in [2.45, 2.75) is 37.3 Å². The minimum absolute atomic E-state index is 0.0630. The molecule has 1 fully saturated rings. The first-order valence-corrected chi connectivity index (χ1v) is 6.81. The van der Waals surface area contributed by atoms with Gasteiger partial charge in [0.25, 0.3) is 0 Å². The fourth-order valence-corrected chi connectivity index (χ4v) is 3.11. The number of halogens is 4. The standard InChI is InChI=1S/C13H12BrF3O3/c14-9-5-7(8(6-10(9)18)13(15,16)17)12(11(19)20)3-1-2-4-12/h5-6,18H,1-4H2,(H,19,20). The Labute approximate surface area is 121 Å².